The number of H-pyrrole nitrogens is 1. The van der Waals surface area contributed by atoms with Gasteiger partial charge in [-0.1, -0.05) is 12.1 Å². The number of nitrogens with zero attached hydrogens (tertiary/aromatic N) is 3. The first-order valence-electron chi connectivity index (χ1n) is 5.93. The molecule has 3 N–H and O–H groups in total. The molecule has 0 radical (unpaired) electrons. The first kappa shape index (κ1) is 11.4. The zero-order chi connectivity index (χ0) is 13.2. The molecule has 3 rings (SSSR count). The summed E-state index contributed by atoms with van der Waals surface area (Å²) in [5.74, 6) is 1.33. The van der Waals surface area contributed by atoms with Gasteiger partial charge in [0.25, 0.3) is 0 Å². The Morgan fingerprint density at radius 3 is 2.79 bits per heavy atom. The van der Waals surface area contributed by atoms with Crippen molar-refractivity contribution in [3.05, 3.63) is 48.3 Å². The number of rotatable bonds is 2. The molecule has 5 nitrogen and oxygen atoms in total. The van der Waals surface area contributed by atoms with Crippen LogP contribution in [0.15, 0.2) is 42.7 Å². The van der Waals surface area contributed by atoms with Crippen LogP contribution in [0.4, 0.5) is 5.69 Å². The van der Waals surface area contributed by atoms with Gasteiger partial charge in [0.15, 0.2) is 11.6 Å². The highest BCUT2D eigenvalue weighted by Crippen LogP contribution is 2.22. The highest BCUT2D eigenvalue weighted by atomic mass is 15.2. The SMILES string of the molecule is Cc1ccc(-c2nc(-c3cccnc3)n[nH]2)cc1N. The normalized spacial score (nSPS) is 10.6. The van der Waals surface area contributed by atoms with Gasteiger partial charge in [-0.3, -0.25) is 10.1 Å². The Bertz CT molecular complexity index is 703. The number of aromatic amines is 1. The lowest BCUT2D eigenvalue weighted by Crippen LogP contribution is -1.90. The van der Waals surface area contributed by atoms with E-state index in [0.29, 0.717) is 11.6 Å². The van der Waals surface area contributed by atoms with Crippen LogP contribution in [0, 0.1) is 6.92 Å². The van der Waals surface area contributed by atoms with Crippen LogP contribution in [0.25, 0.3) is 22.8 Å². The van der Waals surface area contributed by atoms with Crippen molar-refractivity contribution in [3.8, 4) is 22.8 Å². The van der Waals surface area contributed by atoms with E-state index in [2.05, 4.69) is 20.2 Å². The average Bonchev–Trinajstić information content (AvgIpc) is 2.93. The zero-order valence-electron chi connectivity index (χ0n) is 10.5. The molecular weight excluding hydrogens is 238 g/mol. The number of nitrogens with one attached hydrogen (secondary N) is 1. The van der Waals surface area contributed by atoms with Gasteiger partial charge in [-0.05, 0) is 30.7 Å². The molecule has 1 aromatic carbocycles. The van der Waals surface area contributed by atoms with Crippen LogP contribution in [-0.4, -0.2) is 20.2 Å². The van der Waals surface area contributed by atoms with Crippen molar-refractivity contribution in [3.63, 3.8) is 0 Å². The number of nitrogens with two attached hydrogens (primary N) is 1. The number of nitrogen functional groups attached to an aromatic ring is 1. The van der Waals surface area contributed by atoms with Crippen molar-refractivity contribution < 1.29 is 0 Å². The summed E-state index contributed by atoms with van der Waals surface area (Å²) >= 11 is 0. The second kappa shape index (κ2) is 4.53. The minimum atomic E-state index is 0.627. The largest absolute Gasteiger partial charge is 0.398 e. The quantitative estimate of drug-likeness (QED) is 0.685. The van der Waals surface area contributed by atoms with Crippen LogP contribution in [0.3, 0.4) is 0 Å². The van der Waals surface area contributed by atoms with Gasteiger partial charge in [-0.15, -0.1) is 0 Å². The third-order valence-corrected chi connectivity index (χ3v) is 2.96. The van der Waals surface area contributed by atoms with Gasteiger partial charge in [0.1, 0.15) is 0 Å². The third-order valence-electron chi connectivity index (χ3n) is 2.96. The summed E-state index contributed by atoms with van der Waals surface area (Å²) in [6.45, 7) is 1.97. The summed E-state index contributed by atoms with van der Waals surface area (Å²) in [7, 11) is 0. The number of anilines is 1. The van der Waals surface area contributed by atoms with Gasteiger partial charge in [-0.2, -0.15) is 5.10 Å². The molecule has 0 atom stereocenters. The van der Waals surface area contributed by atoms with Gasteiger partial charge in [0.05, 0.1) is 0 Å². The lowest BCUT2D eigenvalue weighted by Gasteiger charge is -2.01. The Hall–Kier alpha value is -2.69. The Labute approximate surface area is 110 Å². The van der Waals surface area contributed by atoms with Crippen LogP contribution < -0.4 is 5.73 Å². The van der Waals surface area contributed by atoms with Gasteiger partial charge >= 0.3 is 0 Å². The van der Waals surface area contributed by atoms with Gasteiger partial charge in [-0.25, -0.2) is 4.98 Å². The fraction of sp³-hybridized carbons (Fsp3) is 0.0714. The zero-order valence-corrected chi connectivity index (χ0v) is 10.5. The second-order valence-corrected chi connectivity index (χ2v) is 4.32. The first-order chi connectivity index (χ1) is 9.24. The fourth-order valence-electron chi connectivity index (χ4n) is 1.80. The average molecular weight is 251 g/mol. The van der Waals surface area contributed by atoms with Crippen molar-refractivity contribution >= 4 is 5.69 Å². The lowest BCUT2D eigenvalue weighted by atomic mass is 10.1. The van der Waals surface area contributed by atoms with Crippen LogP contribution >= 0.6 is 0 Å². The van der Waals surface area contributed by atoms with E-state index in [0.717, 1.165) is 22.4 Å². The van der Waals surface area contributed by atoms with Gasteiger partial charge in [0, 0.05) is 29.2 Å². The second-order valence-electron chi connectivity index (χ2n) is 4.32. The maximum Gasteiger partial charge on any atom is 0.183 e. The minimum Gasteiger partial charge on any atom is -0.398 e. The fourth-order valence-corrected chi connectivity index (χ4v) is 1.80. The number of hydrogen-bond donors (Lipinski definition) is 2. The third kappa shape index (κ3) is 2.18. The van der Waals surface area contributed by atoms with Gasteiger partial charge < -0.3 is 5.73 Å². The van der Waals surface area contributed by atoms with Crippen molar-refractivity contribution in [2.24, 2.45) is 0 Å². The molecular formula is C14H13N5. The van der Waals surface area contributed by atoms with E-state index in [1.54, 1.807) is 12.4 Å². The maximum absolute atomic E-state index is 5.90. The van der Waals surface area contributed by atoms with Crippen molar-refractivity contribution in [2.75, 3.05) is 5.73 Å². The van der Waals surface area contributed by atoms with Crippen LogP contribution in [0.5, 0.6) is 0 Å². The molecule has 0 bridgehead atoms. The molecule has 94 valence electrons. The smallest absolute Gasteiger partial charge is 0.183 e. The number of aromatic nitrogens is 4. The number of aryl methyl sites for hydroxylation is 1. The van der Waals surface area contributed by atoms with Crippen LogP contribution in [-0.2, 0) is 0 Å². The molecule has 0 aliphatic carbocycles. The van der Waals surface area contributed by atoms with E-state index in [4.69, 9.17) is 5.73 Å². The van der Waals surface area contributed by atoms with E-state index in [1.165, 1.54) is 0 Å². The predicted molar refractivity (Wildman–Crippen MR) is 74.2 cm³/mol. The summed E-state index contributed by atoms with van der Waals surface area (Å²) in [6.07, 6.45) is 3.45. The molecule has 0 unspecified atom stereocenters. The minimum absolute atomic E-state index is 0.627. The standard InChI is InChI=1S/C14H13N5/c1-9-4-5-10(7-12(9)15)13-17-14(19-18-13)11-3-2-6-16-8-11/h2-8H,15H2,1H3,(H,17,18,19). The predicted octanol–water partition coefficient (Wildman–Crippen LogP) is 2.42. The molecule has 5 heteroatoms. The Balaban J connectivity index is 1.99. The molecule has 0 aliphatic heterocycles. The lowest BCUT2D eigenvalue weighted by molar-refractivity contribution is 1.10. The summed E-state index contributed by atoms with van der Waals surface area (Å²) in [6, 6.07) is 9.61. The summed E-state index contributed by atoms with van der Waals surface area (Å²) in [5.41, 5.74) is 9.50. The van der Waals surface area contributed by atoms with Crippen molar-refractivity contribution in [2.45, 2.75) is 6.92 Å². The van der Waals surface area contributed by atoms with E-state index in [-0.39, 0.29) is 0 Å². The molecule has 2 aromatic heterocycles. The highest BCUT2D eigenvalue weighted by molar-refractivity contribution is 5.65. The van der Waals surface area contributed by atoms with E-state index >= 15 is 0 Å². The summed E-state index contributed by atoms with van der Waals surface area (Å²) in [4.78, 5) is 8.51. The summed E-state index contributed by atoms with van der Waals surface area (Å²) in [5, 5.41) is 7.12. The topological polar surface area (TPSA) is 80.5 Å². The van der Waals surface area contributed by atoms with E-state index < -0.39 is 0 Å². The van der Waals surface area contributed by atoms with Crippen LogP contribution in [0.1, 0.15) is 5.56 Å². The monoisotopic (exact) mass is 251 g/mol. The van der Waals surface area contributed by atoms with E-state index in [9.17, 15) is 0 Å². The first-order valence-corrected chi connectivity index (χ1v) is 5.93. The summed E-state index contributed by atoms with van der Waals surface area (Å²) < 4.78 is 0. The molecule has 0 saturated heterocycles. The molecule has 0 amide bonds. The van der Waals surface area contributed by atoms with E-state index in [1.807, 2.05) is 37.3 Å². The Morgan fingerprint density at radius 2 is 2.05 bits per heavy atom. The maximum atomic E-state index is 5.90. The van der Waals surface area contributed by atoms with Crippen LogP contribution in [0.2, 0.25) is 0 Å². The molecule has 0 aliphatic rings. The molecule has 0 fully saturated rings. The number of benzene rings is 1. The molecule has 0 saturated carbocycles. The highest BCUT2D eigenvalue weighted by Gasteiger charge is 2.08. The van der Waals surface area contributed by atoms with Gasteiger partial charge in [0.2, 0.25) is 0 Å². The Kier molecular flexibility index (Phi) is 2.72. The molecule has 0 spiro atoms. The van der Waals surface area contributed by atoms with Crippen molar-refractivity contribution in [1.29, 1.82) is 0 Å². The molecule has 19 heavy (non-hydrogen) atoms. The Morgan fingerprint density at radius 1 is 1.16 bits per heavy atom. The molecule has 2 heterocycles. The molecule has 3 aromatic rings. The van der Waals surface area contributed by atoms with Crippen molar-refractivity contribution in [1.82, 2.24) is 20.2 Å². The number of pyridine rings is 1. The number of hydrogen-bond acceptors (Lipinski definition) is 4.